The van der Waals surface area contributed by atoms with E-state index in [-0.39, 0.29) is 11.9 Å². The molecule has 1 fully saturated rings. The molecule has 0 radical (unpaired) electrons. The molecule has 1 aliphatic rings. The summed E-state index contributed by atoms with van der Waals surface area (Å²) in [6.45, 7) is 7.10. The molecule has 0 aromatic heterocycles. The van der Waals surface area contributed by atoms with Gasteiger partial charge in [-0.3, -0.25) is 4.79 Å². The van der Waals surface area contributed by atoms with Crippen molar-refractivity contribution in [2.75, 3.05) is 6.54 Å². The third-order valence-corrected chi connectivity index (χ3v) is 4.89. The zero-order valence-corrected chi connectivity index (χ0v) is 14.2. The van der Waals surface area contributed by atoms with Crippen molar-refractivity contribution in [1.82, 2.24) is 10.6 Å². The van der Waals surface area contributed by atoms with Crippen LogP contribution in [0.15, 0.2) is 24.3 Å². The highest BCUT2D eigenvalue weighted by Crippen LogP contribution is 2.19. The molecular formula is C19H30N2O. The smallest absolute Gasteiger partial charge is 0.234 e. The lowest BCUT2D eigenvalue weighted by Crippen LogP contribution is -2.60. The first-order valence-corrected chi connectivity index (χ1v) is 8.74. The molecule has 0 spiro atoms. The largest absolute Gasteiger partial charge is 0.350 e. The lowest BCUT2D eigenvalue weighted by Gasteiger charge is -2.36. The van der Waals surface area contributed by atoms with Crippen molar-refractivity contribution in [3.63, 3.8) is 0 Å². The number of nitrogens with one attached hydrogen (secondary N) is 2. The normalized spacial score (nSPS) is 23.1. The summed E-state index contributed by atoms with van der Waals surface area (Å²) in [5.74, 6) is 0.647. The van der Waals surface area contributed by atoms with Crippen LogP contribution in [0.1, 0.15) is 51.2 Å². The van der Waals surface area contributed by atoms with Gasteiger partial charge in [0.1, 0.15) is 0 Å². The Balaban J connectivity index is 1.80. The van der Waals surface area contributed by atoms with E-state index >= 15 is 0 Å². The quantitative estimate of drug-likeness (QED) is 0.813. The van der Waals surface area contributed by atoms with E-state index in [2.05, 4.69) is 55.7 Å². The standard InChI is InChI=1S/C19H30N2O/c1-4-15-9-11-16(12-10-15)8-6-7-14(3)19-17(5-2)20-13-18(22)21-19/h9-12,14,17,19-20H,4-8,13H2,1-3H3,(H,21,22)/t14?,17-,19+/m0/s1. The van der Waals surface area contributed by atoms with Gasteiger partial charge in [-0.1, -0.05) is 45.0 Å². The summed E-state index contributed by atoms with van der Waals surface area (Å²) >= 11 is 0. The van der Waals surface area contributed by atoms with Crippen molar-refractivity contribution in [3.8, 4) is 0 Å². The molecule has 1 saturated heterocycles. The molecule has 1 heterocycles. The van der Waals surface area contributed by atoms with E-state index in [0.717, 1.165) is 25.7 Å². The second-order valence-electron chi connectivity index (χ2n) is 6.53. The van der Waals surface area contributed by atoms with Gasteiger partial charge in [0.25, 0.3) is 0 Å². The van der Waals surface area contributed by atoms with Crippen LogP contribution in [-0.2, 0) is 17.6 Å². The minimum absolute atomic E-state index is 0.136. The lowest BCUT2D eigenvalue weighted by molar-refractivity contribution is -0.123. The van der Waals surface area contributed by atoms with Gasteiger partial charge in [-0.05, 0) is 49.1 Å². The fourth-order valence-electron chi connectivity index (χ4n) is 3.37. The van der Waals surface area contributed by atoms with Crippen LogP contribution < -0.4 is 10.6 Å². The van der Waals surface area contributed by atoms with Gasteiger partial charge in [0, 0.05) is 12.1 Å². The molecule has 3 nitrogen and oxygen atoms in total. The highest BCUT2D eigenvalue weighted by atomic mass is 16.2. The minimum atomic E-state index is 0.136. The van der Waals surface area contributed by atoms with E-state index in [4.69, 9.17) is 0 Å². The molecule has 3 heteroatoms. The molecule has 0 bridgehead atoms. The molecule has 122 valence electrons. The molecule has 3 atom stereocenters. The first kappa shape index (κ1) is 17.0. The second-order valence-corrected chi connectivity index (χ2v) is 6.53. The zero-order chi connectivity index (χ0) is 15.9. The summed E-state index contributed by atoms with van der Waals surface area (Å²) in [4.78, 5) is 11.6. The first-order chi connectivity index (χ1) is 10.6. The van der Waals surface area contributed by atoms with Crippen molar-refractivity contribution in [1.29, 1.82) is 0 Å². The molecule has 2 N–H and O–H groups in total. The van der Waals surface area contributed by atoms with Crippen LogP contribution in [0.2, 0.25) is 0 Å². The highest BCUT2D eigenvalue weighted by molar-refractivity contribution is 5.79. The van der Waals surface area contributed by atoms with Gasteiger partial charge in [0.2, 0.25) is 5.91 Å². The van der Waals surface area contributed by atoms with E-state index < -0.39 is 0 Å². The van der Waals surface area contributed by atoms with Crippen molar-refractivity contribution in [2.45, 2.75) is 65.0 Å². The molecule has 22 heavy (non-hydrogen) atoms. The number of carbonyl (C=O) groups is 1. The van der Waals surface area contributed by atoms with Crippen LogP contribution in [0.25, 0.3) is 0 Å². The summed E-state index contributed by atoms with van der Waals surface area (Å²) < 4.78 is 0. The van der Waals surface area contributed by atoms with E-state index in [0.29, 0.717) is 18.5 Å². The van der Waals surface area contributed by atoms with Gasteiger partial charge >= 0.3 is 0 Å². The first-order valence-electron chi connectivity index (χ1n) is 8.74. The number of piperazine rings is 1. The molecule has 1 amide bonds. The fourth-order valence-corrected chi connectivity index (χ4v) is 3.37. The van der Waals surface area contributed by atoms with E-state index in [1.54, 1.807) is 0 Å². The summed E-state index contributed by atoms with van der Waals surface area (Å²) in [5.41, 5.74) is 2.82. The fraction of sp³-hybridized carbons (Fsp3) is 0.632. The Hall–Kier alpha value is -1.35. The summed E-state index contributed by atoms with van der Waals surface area (Å²) in [6, 6.07) is 9.66. The molecule has 0 saturated carbocycles. The topological polar surface area (TPSA) is 41.1 Å². The van der Waals surface area contributed by atoms with Crippen molar-refractivity contribution in [3.05, 3.63) is 35.4 Å². The minimum Gasteiger partial charge on any atom is -0.350 e. The molecule has 1 aromatic carbocycles. The number of aryl methyl sites for hydroxylation is 2. The lowest BCUT2D eigenvalue weighted by atomic mass is 9.87. The van der Waals surface area contributed by atoms with E-state index in [1.165, 1.54) is 17.5 Å². The van der Waals surface area contributed by atoms with Gasteiger partial charge in [-0.2, -0.15) is 0 Å². The Kier molecular flexibility index (Phi) is 6.44. The maximum absolute atomic E-state index is 11.6. The van der Waals surface area contributed by atoms with E-state index in [9.17, 15) is 4.79 Å². The number of benzene rings is 1. The van der Waals surface area contributed by atoms with Gasteiger partial charge in [-0.25, -0.2) is 0 Å². The molecule has 1 unspecified atom stereocenters. The van der Waals surface area contributed by atoms with Crippen molar-refractivity contribution in [2.24, 2.45) is 5.92 Å². The Labute approximate surface area is 134 Å². The Morgan fingerprint density at radius 2 is 1.86 bits per heavy atom. The number of hydrogen-bond acceptors (Lipinski definition) is 2. The Morgan fingerprint density at radius 1 is 1.18 bits per heavy atom. The number of carbonyl (C=O) groups excluding carboxylic acids is 1. The molecule has 0 aliphatic carbocycles. The van der Waals surface area contributed by atoms with E-state index in [1.807, 2.05) is 0 Å². The third-order valence-electron chi connectivity index (χ3n) is 4.89. The maximum atomic E-state index is 11.6. The van der Waals surface area contributed by atoms with Gasteiger partial charge < -0.3 is 10.6 Å². The van der Waals surface area contributed by atoms with Gasteiger partial charge in [-0.15, -0.1) is 0 Å². The third kappa shape index (κ3) is 4.57. The summed E-state index contributed by atoms with van der Waals surface area (Å²) in [5, 5.41) is 6.54. The van der Waals surface area contributed by atoms with Crippen molar-refractivity contribution < 1.29 is 4.79 Å². The zero-order valence-electron chi connectivity index (χ0n) is 14.2. The van der Waals surface area contributed by atoms with Gasteiger partial charge in [0.05, 0.1) is 6.54 Å². The summed E-state index contributed by atoms with van der Waals surface area (Å²) in [7, 11) is 0. The van der Waals surface area contributed by atoms with Crippen LogP contribution in [0.3, 0.4) is 0 Å². The molecule has 1 aliphatic heterocycles. The molecule has 2 rings (SSSR count). The van der Waals surface area contributed by atoms with Crippen LogP contribution in [-0.4, -0.2) is 24.5 Å². The predicted octanol–water partition coefficient (Wildman–Crippen LogP) is 3.07. The van der Waals surface area contributed by atoms with Crippen molar-refractivity contribution >= 4 is 5.91 Å². The highest BCUT2D eigenvalue weighted by Gasteiger charge is 2.30. The maximum Gasteiger partial charge on any atom is 0.234 e. The van der Waals surface area contributed by atoms with Crippen LogP contribution >= 0.6 is 0 Å². The van der Waals surface area contributed by atoms with Crippen LogP contribution in [0.4, 0.5) is 0 Å². The molecular weight excluding hydrogens is 272 g/mol. The monoisotopic (exact) mass is 302 g/mol. The Morgan fingerprint density at radius 3 is 2.50 bits per heavy atom. The van der Waals surface area contributed by atoms with Crippen LogP contribution in [0.5, 0.6) is 0 Å². The number of amides is 1. The average Bonchev–Trinajstić information content (AvgIpc) is 2.55. The average molecular weight is 302 g/mol. The second kappa shape index (κ2) is 8.33. The summed E-state index contributed by atoms with van der Waals surface area (Å²) in [6.07, 6.45) is 5.62. The number of rotatable bonds is 7. The Bertz CT molecular complexity index is 469. The van der Waals surface area contributed by atoms with Crippen LogP contribution in [0, 0.1) is 5.92 Å². The van der Waals surface area contributed by atoms with Gasteiger partial charge in [0.15, 0.2) is 0 Å². The SMILES string of the molecule is CCc1ccc(CCCC(C)[C@H]2NC(=O)CN[C@H]2CC)cc1. The number of hydrogen-bond donors (Lipinski definition) is 2. The molecule has 1 aromatic rings. The predicted molar refractivity (Wildman–Crippen MR) is 91.9 cm³/mol.